The maximum atomic E-state index is 12.5. The van der Waals surface area contributed by atoms with Gasteiger partial charge in [0, 0.05) is 0 Å². The second-order valence-corrected chi connectivity index (χ2v) is 7.07. The fraction of sp³-hybridized carbons (Fsp3) is 0.333. The third-order valence-electron chi connectivity index (χ3n) is 3.59. The second kappa shape index (κ2) is 9.51. The van der Waals surface area contributed by atoms with Gasteiger partial charge in [0.2, 0.25) is 10.0 Å². The van der Waals surface area contributed by atoms with E-state index in [0.29, 0.717) is 11.5 Å². The van der Waals surface area contributed by atoms with Crippen molar-refractivity contribution in [2.45, 2.75) is 24.5 Å². The number of rotatable bonds is 10. The summed E-state index contributed by atoms with van der Waals surface area (Å²) >= 11 is 0. The predicted octanol–water partition coefficient (Wildman–Crippen LogP) is 2.88. The molecule has 1 atom stereocenters. The number of methoxy groups -OCH3 is 1. The predicted molar refractivity (Wildman–Crippen MR) is 95.5 cm³/mol. The smallest absolute Gasteiger partial charge is 0.243 e. The SMILES string of the molecule is CCc1ccc(OC(COCF)NS(=O)(=O)c2ccccc2)c(OC)c1. The minimum absolute atomic E-state index is 0.0714. The molecule has 0 spiro atoms. The van der Waals surface area contributed by atoms with E-state index in [-0.39, 0.29) is 11.5 Å². The van der Waals surface area contributed by atoms with Crippen LogP contribution in [0.4, 0.5) is 4.39 Å². The van der Waals surface area contributed by atoms with Gasteiger partial charge in [-0.25, -0.2) is 12.8 Å². The zero-order chi connectivity index (χ0) is 19.0. The molecule has 0 aliphatic rings. The standard InChI is InChI=1S/C18H22FNO5S/c1-3-14-9-10-16(17(11-14)23-2)25-18(12-24-13-19)20-26(21,22)15-7-5-4-6-8-15/h4-11,18,20H,3,12-13H2,1-2H3. The fourth-order valence-electron chi connectivity index (χ4n) is 2.27. The summed E-state index contributed by atoms with van der Waals surface area (Å²) in [7, 11) is -2.37. The quantitative estimate of drug-likeness (QED) is 0.639. The minimum Gasteiger partial charge on any atom is -0.493 e. The summed E-state index contributed by atoms with van der Waals surface area (Å²) in [6.07, 6.45) is -0.316. The molecule has 2 aromatic rings. The van der Waals surface area contributed by atoms with Crippen LogP contribution in [-0.2, 0) is 21.2 Å². The summed E-state index contributed by atoms with van der Waals surface area (Å²) in [5.74, 6) is 0.779. The first-order valence-corrected chi connectivity index (χ1v) is 9.53. The minimum atomic E-state index is -3.86. The van der Waals surface area contributed by atoms with Crippen molar-refractivity contribution in [1.82, 2.24) is 4.72 Å². The number of aryl methyl sites for hydroxylation is 1. The molecule has 0 heterocycles. The number of ether oxygens (including phenoxy) is 3. The van der Waals surface area contributed by atoms with Crippen LogP contribution in [0.25, 0.3) is 0 Å². The average Bonchev–Trinajstić information content (AvgIpc) is 2.66. The van der Waals surface area contributed by atoms with Gasteiger partial charge < -0.3 is 14.2 Å². The van der Waals surface area contributed by atoms with Crippen LogP contribution >= 0.6 is 0 Å². The van der Waals surface area contributed by atoms with E-state index in [0.717, 1.165) is 12.0 Å². The average molecular weight is 383 g/mol. The van der Waals surface area contributed by atoms with Crippen LogP contribution in [0.3, 0.4) is 0 Å². The molecule has 0 aliphatic carbocycles. The first-order valence-electron chi connectivity index (χ1n) is 8.04. The fourth-order valence-corrected chi connectivity index (χ4v) is 3.38. The highest BCUT2D eigenvalue weighted by atomic mass is 32.2. The largest absolute Gasteiger partial charge is 0.493 e. The lowest BCUT2D eigenvalue weighted by Gasteiger charge is -2.21. The summed E-state index contributed by atoms with van der Waals surface area (Å²) in [4.78, 5) is 0.0714. The molecule has 0 bridgehead atoms. The van der Waals surface area contributed by atoms with Crippen molar-refractivity contribution in [3.05, 3.63) is 54.1 Å². The Balaban J connectivity index is 2.22. The van der Waals surface area contributed by atoms with E-state index in [1.807, 2.05) is 13.0 Å². The van der Waals surface area contributed by atoms with Crippen molar-refractivity contribution in [2.24, 2.45) is 0 Å². The van der Waals surface area contributed by atoms with E-state index in [1.54, 1.807) is 30.3 Å². The van der Waals surface area contributed by atoms with Crippen molar-refractivity contribution in [3.63, 3.8) is 0 Å². The Labute approximate surface area is 152 Å². The van der Waals surface area contributed by atoms with Crippen molar-refractivity contribution < 1.29 is 27.0 Å². The molecule has 142 valence electrons. The van der Waals surface area contributed by atoms with Crippen LogP contribution < -0.4 is 14.2 Å². The number of benzene rings is 2. The molecule has 0 saturated heterocycles. The molecule has 1 unspecified atom stereocenters. The van der Waals surface area contributed by atoms with Gasteiger partial charge in [-0.1, -0.05) is 31.2 Å². The molecule has 2 rings (SSSR count). The zero-order valence-corrected chi connectivity index (χ0v) is 15.5. The van der Waals surface area contributed by atoms with Crippen molar-refractivity contribution in [3.8, 4) is 11.5 Å². The van der Waals surface area contributed by atoms with Gasteiger partial charge in [0.1, 0.15) is 6.61 Å². The molecule has 8 heteroatoms. The topological polar surface area (TPSA) is 73.9 Å². The Kier molecular flexibility index (Phi) is 7.38. The molecule has 0 radical (unpaired) electrons. The Bertz CT molecular complexity index is 798. The normalized spacial score (nSPS) is 12.6. The maximum absolute atomic E-state index is 12.5. The number of sulfonamides is 1. The molecule has 0 saturated carbocycles. The second-order valence-electron chi connectivity index (χ2n) is 5.36. The van der Waals surface area contributed by atoms with Gasteiger partial charge in [-0.2, -0.15) is 4.72 Å². The monoisotopic (exact) mass is 383 g/mol. The van der Waals surface area contributed by atoms with E-state index in [4.69, 9.17) is 14.2 Å². The lowest BCUT2D eigenvalue weighted by molar-refractivity contribution is 0.00159. The lowest BCUT2D eigenvalue weighted by atomic mass is 10.1. The highest BCUT2D eigenvalue weighted by Gasteiger charge is 2.22. The lowest BCUT2D eigenvalue weighted by Crippen LogP contribution is -2.42. The summed E-state index contributed by atoms with van der Waals surface area (Å²) < 4.78 is 55.4. The van der Waals surface area contributed by atoms with E-state index in [2.05, 4.69) is 4.72 Å². The van der Waals surface area contributed by atoms with Crippen LogP contribution in [0.5, 0.6) is 11.5 Å². The number of hydrogen-bond acceptors (Lipinski definition) is 5. The first kappa shape index (κ1) is 20.2. The van der Waals surface area contributed by atoms with Gasteiger partial charge >= 0.3 is 0 Å². The molecule has 26 heavy (non-hydrogen) atoms. The Morgan fingerprint density at radius 1 is 1.12 bits per heavy atom. The van der Waals surface area contributed by atoms with Crippen molar-refractivity contribution in [2.75, 3.05) is 20.6 Å². The first-order chi connectivity index (χ1) is 12.5. The molecule has 0 aliphatic heterocycles. The number of nitrogens with one attached hydrogen (secondary N) is 1. The number of halogens is 1. The summed E-state index contributed by atoms with van der Waals surface area (Å²) in [5, 5.41) is 0. The van der Waals surface area contributed by atoms with Gasteiger partial charge in [-0.15, -0.1) is 0 Å². The van der Waals surface area contributed by atoms with Crippen LogP contribution in [0.1, 0.15) is 12.5 Å². The molecular weight excluding hydrogens is 361 g/mol. The molecule has 0 amide bonds. The van der Waals surface area contributed by atoms with Crippen LogP contribution in [0.15, 0.2) is 53.4 Å². The maximum Gasteiger partial charge on any atom is 0.243 e. The third-order valence-corrected chi connectivity index (χ3v) is 5.06. The van der Waals surface area contributed by atoms with Gasteiger partial charge in [0.25, 0.3) is 0 Å². The van der Waals surface area contributed by atoms with Crippen molar-refractivity contribution >= 4 is 10.0 Å². The number of alkyl halides is 1. The Morgan fingerprint density at radius 2 is 1.85 bits per heavy atom. The summed E-state index contributed by atoms with van der Waals surface area (Å²) in [6.45, 7) is 0.640. The number of hydrogen-bond donors (Lipinski definition) is 1. The van der Waals surface area contributed by atoms with Crippen molar-refractivity contribution in [1.29, 1.82) is 0 Å². The Morgan fingerprint density at radius 3 is 2.46 bits per heavy atom. The van der Waals surface area contributed by atoms with Gasteiger partial charge in [-0.3, -0.25) is 0 Å². The molecule has 0 aromatic heterocycles. The van der Waals surface area contributed by atoms with Gasteiger partial charge in [-0.05, 0) is 36.2 Å². The molecular formula is C18H22FNO5S. The molecule has 2 aromatic carbocycles. The van der Waals surface area contributed by atoms with Crippen LogP contribution in [-0.4, -0.2) is 35.2 Å². The van der Waals surface area contributed by atoms with E-state index in [1.165, 1.54) is 19.2 Å². The van der Waals surface area contributed by atoms with E-state index < -0.39 is 23.1 Å². The van der Waals surface area contributed by atoms with E-state index in [9.17, 15) is 12.8 Å². The third kappa shape index (κ3) is 5.42. The Hall–Kier alpha value is -2.16. The molecule has 6 nitrogen and oxygen atoms in total. The summed E-state index contributed by atoms with van der Waals surface area (Å²) in [6, 6.07) is 13.1. The molecule has 0 fully saturated rings. The zero-order valence-electron chi connectivity index (χ0n) is 14.6. The molecule has 1 N–H and O–H groups in total. The van der Waals surface area contributed by atoms with Crippen LogP contribution in [0, 0.1) is 0 Å². The highest BCUT2D eigenvalue weighted by molar-refractivity contribution is 7.89. The van der Waals surface area contributed by atoms with Gasteiger partial charge in [0.05, 0.1) is 12.0 Å². The van der Waals surface area contributed by atoms with Gasteiger partial charge in [0.15, 0.2) is 24.6 Å². The van der Waals surface area contributed by atoms with Crippen LogP contribution in [0.2, 0.25) is 0 Å². The summed E-state index contributed by atoms with van der Waals surface area (Å²) in [5.41, 5.74) is 1.04. The van der Waals surface area contributed by atoms with E-state index >= 15 is 0 Å². The highest BCUT2D eigenvalue weighted by Crippen LogP contribution is 2.29.